The van der Waals surface area contributed by atoms with Gasteiger partial charge in [0, 0.05) is 22.0 Å². The molecule has 0 amide bonds. The molecule has 194 valence electrons. The molecule has 5 aromatic heterocycles. The van der Waals surface area contributed by atoms with E-state index in [1.807, 2.05) is 24.3 Å². The van der Waals surface area contributed by atoms with Gasteiger partial charge in [-0.25, -0.2) is 4.79 Å². The van der Waals surface area contributed by atoms with E-state index in [2.05, 4.69) is 31.9 Å². The highest BCUT2D eigenvalue weighted by atomic mass is 79.9. The first-order valence-electron chi connectivity index (χ1n) is 11.5. The van der Waals surface area contributed by atoms with Gasteiger partial charge in [0.05, 0.1) is 27.2 Å². The van der Waals surface area contributed by atoms with Crippen LogP contribution in [0.3, 0.4) is 0 Å². The Morgan fingerprint density at radius 3 is 2.38 bits per heavy atom. The maximum absolute atomic E-state index is 17.0. The summed E-state index contributed by atoms with van der Waals surface area (Å²) in [7, 11) is 0. The van der Waals surface area contributed by atoms with Crippen molar-refractivity contribution in [3.8, 4) is 5.75 Å². The fourth-order valence-electron chi connectivity index (χ4n) is 5.45. The summed E-state index contributed by atoms with van der Waals surface area (Å²) in [5.41, 5.74) is 2.93. The molecular weight excluding hydrogens is 713 g/mol. The van der Waals surface area contributed by atoms with Gasteiger partial charge < -0.3 is 27.4 Å². The minimum absolute atomic E-state index is 0.398. The quantitative estimate of drug-likeness (QED) is 0.197. The Kier molecular flexibility index (Phi) is 5.22. The number of carbonyl (C=O) groups is 1. The number of aromatic nitrogens is 1. The van der Waals surface area contributed by atoms with Crippen LogP contribution in [0.5, 0.6) is 5.75 Å². The molecule has 0 spiro atoms. The van der Waals surface area contributed by atoms with Gasteiger partial charge >= 0.3 is 12.9 Å². The fraction of sp³-hybridized carbons (Fsp3) is 0.0400. The van der Waals surface area contributed by atoms with E-state index in [1.54, 1.807) is 24.3 Å². The van der Waals surface area contributed by atoms with Crippen LogP contribution in [-0.4, -0.2) is 29.1 Å². The standard InChI is InChI=1S/C25H11BBr2F2N2O3S4/c27-18-7-16-24(38-18)22-14(36-16)5-12-21(10-1-3-11(4-2-10)35-9-20(33)34)13-6-15-23(32(13)26(29,30)31(12)22)25-17(37-15)8-19(28)39-25/h1-8H,9H2,(H,33,34). The van der Waals surface area contributed by atoms with Gasteiger partial charge in [-0.15, -0.1) is 45.3 Å². The number of aliphatic carboxylic acids is 1. The maximum Gasteiger partial charge on any atom is 0.738 e. The van der Waals surface area contributed by atoms with Crippen molar-refractivity contribution in [2.24, 2.45) is 0 Å². The molecule has 0 saturated heterocycles. The highest BCUT2D eigenvalue weighted by Gasteiger charge is 2.54. The third-order valence-electron chi connectivity index (χ3n) is 6.85. The van der Waals surface area contributed by atoms with Crippen molar-refractivity contribution < 1.29 is 23.3 Å². The molecule has 7 heterocycles. The van der Waals surface area contributed by atoms with Gasteiger partial charge in [-0.2, -0.15) is 0 Å². The van der Waals surface area contributed by atoms with E-state index in [-0.39, 0.29) is 0 Å². The summed E-state index contributed by atoms with van der Waals surface area (Å²) in [6.07, 6.45) is 1.88. The second-order valence-electron chi connectivity index (χ2n) is 9.09. The number of carboxylic acids is 1. The first kappa shape index (κ1) is 24.4. The van der Waals surface area contributed by atoms with E-state index >= 15 is 8.63 Å². The molecule has 1 N–H and O–H groups in total. The first-order chi connectivity index (χ1) is 18.7. The Morgan fingerprint density at radius 1 is 0.974 bits per heavy atom. The number of hydrogen-bond donors (Lipinski definition) is 1. The molecule has 1 aromatic carbocycles. The van der Waals surface area contributed by atoms with E-state index in [9.17, 15) is 4.79 Å². The first-order valence-corrected chi connectivity index (χ1v) is 16.4. The summed E-state index contributed by atoms with van der Waals surface area (Å²) >= 11 is 13.0. The third-order valence-corrected chi connectivity index (χ3v) is 12.5. The smallest absolute Gasteiger partial charge is 0.482 e. The molecule has 0 radical (unpaired) electrons. The van der Waals surface area contributed by atoms with Gasteiger partial charge in [0.2, 0.25) is 0 Å². The van der Waals surface area contributed by atoms with Crippen LogP contribution in [0.25, 0.3) is 40.7 Å². The van der Waals surface area contributed by atoms with E-state index < -0.39 is 19.5 Å². The minimum atomic E-state index is -4.23. The van der Waals surface area contributed by atoms with Crippen molar-refractivity contribution >= 4 is 131 Å². The SMILES string of the molecule is O=C(O)COc1ccc(C2=C3C=c4sc5cc(Br)sc5c4=[N+]3[B-](F)(F)n3c2cc2sc4cc(Br)sc4c23)cc1. The molecule has 6 aromatic rings. The molecular formula is C25H11BBr2F2N2O3S4. The zero-order valence-corrected chi connectivity index (χ0v) is 25.6. The van der Waals surface area contributed by atoms with Crippen LogP contribution in [-0.2, 0) is 4.79 Å². The molecule has 0 atom stereocenters. The number of rotatable bonds is 4. The number of benzene rings is 1. The van der Waals surface area contributed by atoms with E-state index in [0.29, 0.717) is 33.6 Å². The second kappa shape index (κ2) is 8.34. The molecule has 2 aliphatic rings. The summed E-state index contributed by atoms with van der Waals surface area (Å²) in [5.74, 6) is -0.672. The topological polar surface area (TPSA) is 54.5 Å². The zero-order valence-electron chi connectivity index (χ0n) is 19.2. The van der Waals surface area contributed by atoms with Crippen molar-refractivity contribution in [1.29, 1.82) is 0 Å². The number of ether oxygens (including phenoxy) is 1. The summed E-state index contributed by atoms with van der Waals surface area (Å²) in [6, 6.07) is 12.8. The Bertz CT molecular complexity index is 2220. The average molecular weight is 724 g/mol. The Morgan fingerprint density at radius 2 is 1.67 bits per heavy atom. The van der Waals surface area contributed by atoms with Crippen LogP contribution in [0.2, 0.25) is 0 Å². The number of halogens is 4. The highest BCUT2D eigenvalue weighted by Crippen LogP contribution is 2.48. The predicted octanol–water partition coefficient (Wildman–Crippen LogP) is 7.16. The number of hydrogen-bond acceptors (Lipinski definition) is 6. The molecule has 0 aliphatic carbocycles. The van der Waals surface area contributed by atoms with Crippen LogP contribution in [0.15, 0.2) is 55.7 Å². The Hall–Kier alpha value is -2.36. The van der Waals surface area contributed by atoms with Crippen LogP contribution in [0.4, 0.5) is 8.63 Å². The van der Waals surface area contributed by atoms with Crippen molar-refractivity contribution in [3.63, 3.8) is 0 Å². The van der Waals surface area contributed by atoms with E-state index in [4.69, 9.17) is 9.84 Å². The minimum Gasteiger partial charge on any atom is -0.482 e. The average Bonchev–Trinajstić information content (AvgIpc) is 3.68. The fourth-order valence-corrected chi connectivity index (χ4v) is 11.8. The van der Waals surface area contributed by atoms with Crippen LogP contribution >= 0.6 is 77.2 Å². The molecule has 0 fully saturated rings. The van der Waals surface area contributed by atoms with Gasteiger partial charge in [0.15, 0.2) is 17.7 Å². The number of allylic oxidation sites excluding steroid dienone is 1. The van der Waals surface area contributed by atoms with Gasteiger partial charge in [-0.3, -0.25) is 0 Å². The van der Waals surface area contributed by atoms with Crippen LogP contribution < -0.4 is 19.1 Å². The normalized spacial score (nSPS) is 15.7. The van der Waals surface area contributed by atoms with Gasteiger partial charge in [0.1, 0.15) is 15.0 Å². The number of thiophene rings is 4. The lowest BCUT2D eigenvalue weighted by molar-refractivity contribution is -0.139. The summed E-state index contributed by atoms with van der Waals surface area (Å²) in [5, 5.41) is 9.50. The lowest BCUT2D eigenvalue weighted by Crippen LogP contribution is -2.56. The molecule has 39 heavy (non-hydrogen) atoms. The summed E-state index contributed by atoms with van der Waals surface area (Å²) in [4.78, 5) is 10.9. The molecule has 0 unspecified atom stereocenters. The molecule has 0 saturated carbocycles. The predicted molar refractivity (Wildman–Crippen MR) is 164 cm³/mol. The van der Waals surface area contributed by atoms with Crippen molar-refractivity contribution in [3.05, 3.63) is 76.9 Å². The molecule has 8 rings (SSSR count). The number of carboxylic acid groups (broad SMARTS) is 1. The largest absolute Gasteiger partial charge is 0.738 e. The van der Waals surface area contributed by atoms with Gasteiger partial charge in [0.25, 0.3) is 0 Å². The summed E-state index contributed by atoms with van der Waals surface area (Å²) in [6.45, 7) is -4.69. The van der Waals surface area contributed by atoms with Crippen molar-refractivity contribution in [2.75, 3.05) is 6.61 Å². The number of nitrogens with zero attached hydrogens (tertiary/aromatic N) is 2. The lowest BCUT2D eigenvalue weighted by Gasteiger charge is -2.31. The van der Waals surface area contributed by atoms with Gasteiger partial charge in [-0.1, -0.05) is 12.1 Å². The van der Waals surface area contributed by atoms with Crippen molar-refractivity contribution in [1.82, 2.24) is 8.96 Å². The Balaban J connectivity index is 1.47. The molecule has 0 bridgehead atoms. The van der Waals surface area contributed by atoms with Crippen molar-refractivity contribution in [2.45, 2.75) is 0 Å². The Labute approximate surface area is 250 Å². The summed E-state index contributed by atoms with van der Waals surface area (Å²) < 4.78 is 48.8. The van der Waals surface area contributed by atoms with Crippen LogP contribution in [0.1, 0.15) is 11.3 Å². The second-order valence-corrected chi connectivity index (χ2v) is 16.1. The van der Waals surface area contributed by atoms with Crippen LogP contribution in [0, 0.1) is 0 Å². The number of fused-ring (bicyclic) bond motifs is 9. The zero-order chi connectivity index (χ0) is 26.8. The van der Waals surface area contributed by atoms with E-state index in [1.165, 1.54) is 54.3 Å². The molecule has 14 heteroatoms. The van der Waals surface area contributed by atoms with Gasteiger partial charge in [-0.05, 0) is 67.8 Å². The maximum atomic E-state index is 17.0. The molecule has 2 aliphatic heterocycles. The lowest BCUT2D eigenvalue weighted by atomic mass is 9.86. The third kappa shape index (κ3) is 3.42. The monoisotopic (exact) mass is 722 g/mol. The molecule has 5 nitrogen and oxygen atoms in total. The van der Waals surface area contributed by atoms with E-state index in [0.717, 1.165) is 41.2 Å². The highest BCUT2D eigenvalue weighted by molar-refractivity contribution is 9.11.